The molecule has 1 aliphatic rings. The molecule has 170 valence electrons. The van der Waals surface area contributed by atoms with Crippen LogP contribution < -0.4 is 4.90 Å². The van der Waals surface area contributed by atoms with Crippen molar-refractivity contribution in [3.8, 4) is 11.3 Å². The van der Waals surface area contributed by atoms with Gasteiger partial charge in [0.15, 0.2) is 0 Å². The maximum atomic E-state index is 13.2. The van der Waals surface area contributed by atoms with Gasteiger partial charge >= 0.3 is 0 Å². The molecule has 1 aliphatic heterocycles. The third-order valence-corrected chi connectivity index (χ3v) is 6.90. The second kappa shape index (κ2) is 9.11. The van der Waals surface area contributed by atoms with Crippen LogP contribution in [0, 0.1) is 5.92 Å². The summed E-state index contributed by atoms with van der Waals surface area (Å²) < 4.78 is 26.4. The second-order valence-electron chi connectivity index (χ2n) is 8.07. The summed E-state index contributed by atoms with van der Waals surface area (Å²) in [6, 6.07) is 16.1. The predicted molar refractivity (Wildman–Crippen MR) is 127 cm³/mol. The molecule has 0 fully saturated rings. The Kier molecular flexibility index (Phi) is 6.24. The molecule has 0 saturated heterocycles. The first kappa shape index (κ1) is 22.6. The summed E-state index contributed by atoms with van der Waals surface area (Å²) in [5.41, 5.74) is 2.96. The van der Waals surface area contributed by atoms with Crippen LogP contribution in [0.3, 0.4) is 0 Å². The SMILES string of the molecule is CCc1cnc(N=NC2=C(O)N(CC(C)C)c3ccccc3S2(=O)=O)nc1-c1ccccc1. The lowest BCUT2D eigenvalue weighted by Crippen LogP contribution is -2.33. The smallest absolute Gasteiger partial charge is 0.269 e. The maximum absolute atomic E-state index is 13.2. The Balaban J connectivity index is 1.79. The Bertz CT molecular complexity index is 1340. The Labute approximate surface area is 193 Å². The normalized spacial score (nSPS) is 15.3. The first-order chi connectivity index (χ1) is 15.8. The molecule has 0 spiro atoms. The lowest BCUT2D eigenvalue weighted by molar-refractivity contribution is 0.374. The van der Waals surface area contributed by atoms with Gasteiger partial charge in [-0.25, -0.2) is 18.4 Å². The zero-order valence-electron chi connectivity index (χ0n) is 18.7. The van der Waals surface area contributed by atoms with Gasteiger partial charge in [0.1, 0.15) is 0 Å². The summed E-state index contributed by atoms with van der Waals surface area (Å²) >= 11 is 0. The van der Waals surface area contributed by atoms with E-state index in [4.69, 9.17) is 0 Å². The zero-order valence-corrected chi connectivity index (χ0v) is 19.5. The summed E-state index contributed by atoms with van der Waals surface area (Å²) in [5, 5.41) is 18.3. The number of benzene rings is 2. The highest BCUT2D eigenvalue weighted by atomic mass is 32.2. The summed E-state index contributed by atoms with van der Waals surface area (Å²) in [4.78, 5) is 10.3. The number of azo groups is 1. The van der Waals surface area contributed by atoms with Gasteiger partial charge in [-0.15, -0.1) is 10.2 Å². The Morgan fingerprint density at radius 1 is 1.03 bits per heavy atom. The number of anilines is 1. The van der Waals surface area contributed by atoms with E-state index in [1.165, 1.54) is 6.07 Å². The first-order valence-corrected chi connectivity index (χ1v) is 12.2. The van der Waals surface area contributed by atoms with Gasteiger partial charge in [0.2, 0.25) is 20.7 Å². The summed E-state index contributed by atoms with van der Waals surface area (Å²) in [5.74, 6) is -0.284. The van der Waals surface area contributed by atoms with E-state index in [0.29, 0.717) is 17.9 Å². The fourth-order valence-corrected chi connectivity index (χ4v) is 5.07. The van der Waals surface area contributed by atoms with E-state index in [-0.39, 0.29) is 16.8 Å². The molecule has 0 unspecified atom stereocenters. The average Bonchev–Trinajstić information content (AvgIpc) is 2.82. The lowest BCUT2D eigenvalue weighted by Gasteiger charge is -2.31. The molecular formula is C24H25N5O3S. The molecule has 2 heterocycles. The van der Waals surface area contributed by atoms with Gasteiger partial charge in [-0.1, -0.05) is 63.2 Å². The van der Waals surface area contributed by atoms with E-state index in [2.05, 4.69) is 20.2 Å². The quantitative estimate of drug-likeness (QED) is 0.489. The highest BCUT2D eigenvalue weighted by Gasteiger charge is 2.37. The molecule has 0 bridgehead atoms. The minimum absolute atomic E-state index is 0.0100. The van der Waals surface area contributed by atoms with Gasteiger partial charge in [0.25, 0.3) is 5.95 Å². The molecule has 0 amide bonds. The molecular weight excluding hydrogens is 438 g/mol. The Morgan fingerprint density at radius 3 is 2.42 bits per heavy atom. The number of sulfone groups is 1. The molecule has 3 aromatic rings. The summed E-state index contributed by atoms with van der Waals surface area (Å²) in [6.45, 7) is 6.38. The zero-order chi connectivity index (χ0) is 23.6. The molecule has 0 radical (unpaired) electrons. The highest BCUT2D eigenvalue weighted by Crippen LogP contribution is 2.39. The van der Waals surface area contributed by atoms with Crippen LogP contribution in [0.2, 0.25) is 0 Å². The molecule has 33 heavy (non-hydrogen) atoms. The van der Waals surface area contributed by atoms with E-state index in [1.807, 2.05) is 51.1 Å². The van der Waals surface area contributed by atoms with Gasteiger partial charge in [0.05, 0.1) is 16.3 Å². The van der Waals surface area contributed by atoms with Gasteiger partial charge in [-0.05, 0) is 30.0 Å². The highest BCUT2D eigenvalue weighted by molar-refractivity contribution is 7.95. The Hall–Kier alpha value is -3.59. The fraction of sp³-hybridized carbons (Fsp3) is 0.250. The molecule has 2 aromatic carbocycles. The fourth-order valence-electron chi connectivity index (χ4n) is 3.65. The minimum atomic E-state index is -4.07. The number of aryl methyl sites for hydroxylation is 1. The van der Waals surface area contributed by atoms with Crippen LogP contribution in [-0.2, 0) is 16.3 Å². The van der Waals surface area contributed by atoms with Gasteiger partial charge in [-0.2, -0.15) is 0 Å². The van der Waals surface area contributed by atoms with Crippen molar-refractivity contribution in [3.63, 3.8) is 0 Å². The van der Waals surface area contributed by atoms with E-state index < -0.39 is 20.7 Å². The van der Waals surface area contributed by atoms with E-state index in [0.717, 1.165) is 17.5 Å². The van der Waals surface area contributed by atoms with E-state index in [1.54, 1.807) is 29.3 Å². The van der Waals surface area contributed by atoms with Crippen molar-refractivity contribution in [1.82, 2.24) is 9.97 Å². The van der Waals surface area contributed by atoms with Crippen molar-refractivity contribution in [3.05, 3.63) is 77.3 Å². The molecule has 4 rings (SSSR count). The van der Waals surface area contributed by atoms with Crippen LogP contribution in [0.4, 0.5) is 11.6 Å². The van der Waals surface area contributed by atoms with Crippen molar-refractivity contribution in [2.45, 2.75) is 32.1 Å². The maximum Gasteiger partial charge on any atom is 0.269 e. The first-order valence-electron chi connectivity index (χ1n) is 10.7. The van der Waals surface area contributed by atoms with Gasteiger partial charge in [0, 0.05) is 18.3 Å². The third-order valence-electron chi connectivity index (χ3n) is 5.21. The van der Waals surface area contributed by atoms with Crippen molar-refractivity contribution in [1.29, 1.82) is 0 Å². The van der Waals surface area contributed by atoms with Crippen molar-refractivity contribution < 1.29 is 13.5 Å². The number of nitrogens with zero attached hydrogens (tertiary/aromatic N) is 5. The van der Waals surface area contributed by atoms with Crippen LogP contribution in [0.1, 0.15) is 26.3 Å². The second-order valence-corrected chi connectivity index (χ2v) is 9.90. The van der Waals surface area contributed by atoms with Crippen LogP contribution in [0.15, 0.2) is 86.8 Å². The van der Waals surface area contributed by atoms with Crippen LogP contribution >= 0.6 is 0 Å². The number of rotatable bonds is 6. The van der Waals surface area contributed by atoms with E-state index in [9.17, 15) is 13.5 Å². The molecule has 8 nitrogen and oxygen atoms in total. The van der Waals surface area contributed by atoms with Crippen LogP contribution in [0.5, 0.6) is 0 Å². The predicted octanol–water partition coefficient (Wildman–Crippen LogP) is 5.42. The number of hydrogen-bond donors (Lipinski definition) is 1. The van der Waals surface area contributed by atoms with Crippen molar-refractivity contribution >= 4 is 21.5 Å². The number of aromatic nitrogens is 2. The number of fused-ring (bicyclic) bond motifs is 1. The standard InChI is InChI=1S/C24H25N5O3S/c1-4-17-14-25-24(26-21(17)18-10-6-5-7-11-18)28-27-22-23(30)29(15-16(2)3)19-12-8-9-13-20(19)33(22,31)32/h5-14,16,30H,4,15H2,1-3H3. The molecule has 0 aliphatic carbocycles. The van der Waals surface area contributed by atoms with Gasteiger partial charge < -0.3 is 10.0 Å². The van der Waals surface area contributed by atoms with Crippen molar-refractivity contribution in [2.24, 2.45) is 16.1 Å². The Morgan fingerprint density at radius 2 is 1.73 bits per heavy atom. The largest absolute Gasteiger partial charge is 0.492 e. The number of para-hydroxylation sites is 1. The minimum Gasteiger partial charge on any atom is -0.492 e. The van der Waals surface area contributed by atoms with Gasteiger partial charge in [-0.3, -0.25) is 0 Å². The number of aliphatic hydroxyl groups is 1. The molecule has 1 aromatic heterocycles. The number of hydrogen-bond acceptors (Lipinski definition) is 8. The van der Waals surface area contributed by atoms with Crippen LogP contribution in [-0.4, -0.2) is 30.0 Å². The van der Waals surface area contributed by atoms with E-state index >= 15 is 0 Å². The molecule has 0 saturated carbocycles. The summed E-state index contributed by atoms with van der Waals surface area (Å²) in [7, 11) is -4.07. The molecule has 1 N–H and O–H groups in total. The topological polar surface area (TPSA) is 108 Å². The average molecular weight is 464 g/mol. The molecule has 9 heteroatoms. The molecule has 0 atom stereocenters. The van der Waals surface area contributed by atoms with Crippen molar-refractivity contribution in [2.75, 3.05) is 11.4 Å². The van der Waals surface area contributed by atoms with Crippen LogP contribution in [0.25, 0.3) is 11.3 Å². The monoisotopic (exact) mass is 463 g/mol. The number of aliphatic hydroxyl groups excluding tert-OH is 1. The summed E-state index contributed by atoms with van der Waals surface area (Å²) in [6.07, 6.45) is 2.39. The lowest BCUT2D eigenvalue weighted by atomic mass is 10.1. The third kappa shape index (κ3) is 4.36.